The Labute approximate surface area is 157 Å². The van der Waals surface area contributed by atoms with Crippen LogP contribution < -0.4 is 10.6 Å². The third kappa shape index (κ3) is 4.63. The SMILES string of the molecule is COCc1nnc(NC(=O)C[C@@H]2NC(=O)N(Cc3cccc(F)c3)C2=O)s1. The molecule has 1 aliphatic rings. The molecule has 142 valence electrons. The molecule has 27 heavy (non-hydrogen) atoms. The summed E-state index contributed by atoms with van der Waals surface area (Å²) in [6.07, 6.45) is -0.247. The molecule has 0 saturated carbocycles. The van der Waals surface area contributed by atoms with Gasteiger partial charge in [0.05, 0.1) is 13.0 Å². The summed E-state index contributed by atoms with van der Waals surface area (Å²) in [7, 11) is 1.52. The lowest BCUT2D eigenvalue weighted by Gasteiger charge is -2.13. The lowest BCUT2D eigenvalue weighted by Crippen LogP contribution is -2.34. The molecule has 11 heteroatoms. The van der Waals surface area contributed by atoms with Crippen LogP contribution >= 0.6 is 11.3 Å². The molecule has 4 amide bonds. The lowest BCUT2D eigenvalue weighted by atomic mass is 10.1. The van der Waals surface area contributed by atoms with E-state index in [0.717, 1.165) is 16.2 Å². The van der Waals surface area contributed by atoms with Crippen molar-refractivity contribution in [3.8, 4) is 0 Å². The fourth-order valence-corrected chi connectivity index (χ4v) is 3.25. The number of methoxy groups -OCH3 is 1. The number of urea groups is 1. The predicted molar refractivity (Wildman–Crippen MR) is 93.1 cm³/mol. The van der Waals surface area contributed by atoms with E-state index in [1.165, 1.54) is 25.3 Å². The van der Waals surface area contributed by atoms with Gasteiger partial charge in [-0.25, -0.2) is 9.18 Å². The number of hydrogen-bond acceptors (Lipinski definition) is 7. The zero-order chi connectivity index (χ0) is 19.4. The number of anilines is 1. The second-order valence-electron chi connectivity index (χ2n) is 5.74. The Morgan fingerprint density at radius 3 is 2.96 bits per heavy atom. The van der Waals surface area contributed by atoms with E-state index in [9.17, 15) is 18.8 Å². The molecule has 0 radical (unpaired) electrons. The lowest BCUT2D eigenvalue weighted by molar-refractivity contribution is -0.130. The summed E-state index contributed by atoms with van der Waals surface area (Å²) >= 11 is 1.15. The molecular formula is C16H16FN5O4S. The molecule has 0 aliphatic carbocycles. The number of rotatable bonds is 7. The van der Waals surface area contributed by atoms with Gasteiger partial charge in [-0.05, 0) is 17.7 Å². The molecule has 9 nitrogen and oxygen atoms in total. The molecule has 1 atom stereocenters. The molecule has 2 N–H and O–H groups in total. The zero-order valence-electron chi connectivity index (χ0n) is 14.3. The summed E-state index contributed by atoms with van der Waals surface area (Å²) in [6, 6.07) is 4.00. The normalized spacial score (nSPS) is 16.5. The number of hydrogen-bond donors (Lipinski definition) is 2. The second-order valence-corrected chi connectivity index (χ2v) is 6.80. The summed E-state index contributed by atoms with van der Waals surface area (Å²) in [5, 5.41) is 13.5. The van der Waals surface area contributed by atoms with Gasteiger partial charge in [0.25, 0.3) is 5.91 Å². The van der Waals surface area contributed by atoms with Gasteiger partial charge >= 0.3 is 6.03 Å². The van der Waals surface area contributed by atoms with Gasteiger partial charge in [0.2, 0.25) is 11.0 Å². The van der Waals surface area contributed by atoms with E-state index in [1.807, 2.05) is 0 Å². The van der Waals surface area contributed by atoms with Crippen LogP contribution in [0.5, 0.6) is 0 Å². The Morgan fingerprint density at radius 1 is 1.41 bits per heavy atom. The average Bonchev–Trinajstić information content (AvgIpc) is 3.15. The highest BCUT2D eigenvalue weighted by atomic mass is 32.1. The molecule has 2 heterocycles. The summed E-state index contributed by atoms with van der Waals surface area (Å²) in [6.45, 7) is 0.205. The van der Waals surface area contributed by atoms with E-state index >= 15 is 0 Å². The first kappa shape index (κ1) is 18.9. The Bertz CT molecular complexity index is 874. The first-order valence-corrected chi connectivity index (χ1v) is 8.75. The van der Waals surface area contributed by atoms with Crippen LogP contribution in [0.3, 0.4) is 0 Å². The van der Waals surface area contributed by atoms with Crippen LogP contribution in [-0.4, -0.2) is 46.1 Å². The van der Waals surface area contributed by atoms with Crippen molar-refractivity contribution < 1.29 is 23.5 Å². The minimum Gasteiger partial charge on any atom is -0.377 e. The molecule has 1 saturated heterocycles. The summed E-state index contributed by atoms with van der Waals surface area (Å²) in [5.41, 5.74) is 0.475. The number of nitrogens with one attached hydrogen (secondary N) is 2. The average molecular weight is 393 g/mol. The van der Waals surface area contributed by atoms with Crippen LogP contribution in [0.25, 0.3) is 0 Å². The summed E-state index contributed by atoms with van der Waals surface area (Å²) in [4.78, 5) is 37.5. The highest BCUT2D eigenvalue weighted by Crippen LogP contribution is 2.18. The van der Waals surface area contributed by atoms with Crippen molar-refractivity contribution in [1.82, 2.24) is 20.4 Å². The molecule has 1 fully saturated rings. The number of imide groups is 1. The predicted octanol–water partition coefficient (Wildman–Crippen LogP) is 1.27. The number of nitrogens with zero attached hydrogens (tertiary/aromatic N) is 3. The van der Waals surface area contributed by atoms with Crippen molar-refractivity contribution in [2.45, 2.75) is 25.6 Å². The number of halogens is 1. The summed E-state index contributed by atoms with van der Waals surface area (Å²) < 4.78 is 18.2. The first-order valence-electron chi connectivity index (χ1n) is 7.93. The first-order chi connectivity index (χ1) is 13.0. The van der Waals surface area contributed by atoms with Gasteiger partial charge in [-0.1, -0.05) is 23.5 Å². The summed E-state index contributed by atoms with van der Waals surface area (Å²) in [5.74, 6) is -1.49. The molecule has 1 aromatic heterocycles. The van der Waals surface area contributed by atoms with Crippen molar-refractivity contribution in [1.29, 1.82) is 0 Å². The molecule has 1 aliphatic heterocycles. The highest BCUT2D eigenvalue weighted by Gasteiger charge is 2.39. The van der Waals surface area contributed by atoms with E-state index in [1.54, 1.807) is 6.07 Å². The molecule has 2 aromatic rings. The van der Waals surface area contributed by atoms with Crippen LogP contribution in [0, 0.1) is 5.82 Å². The van der Waals surface area contributed by atoms with Gasteiger partial charge in [-0.15, -0.1) is 10.2 Å². The van der Waals surface area contributed by atoms with Crippen LogP contribution in [-0.2, 0) is 27.5 Å². The monoisotopic (exact) mass is 393 g/mol. The van der Waals surface area contributed by atoms with E-state index in [-0.39, 0.29) is 24.7 Å². The Kier molecular flexibility index (Phi) is 5.72. The molecular weight excluding hydrogens is 377 g/mol. The number of carbonyl (C=O) groups is 3. The quantitative estimate of drug-likeness (QED) is 0.685. The second kappa shape index (κ2) is 8.18. The third-order valence-corrected chi connectivity index (χ3v) is 4.52. The van der Waals surface area contributed by atoms with Crippen LogP contribution in [0.2, 0.25) is 0 Å². The Balaban J connectivity index is 1.58. The maximum atomic E-state index is 13.3. The molecule has 0 unspecified atom stereocenters. The van der Waals surface area contributed by atoms with Gasteiger partial charge in [0.15, 0.2) is 0 Å². The minimum atomic E-state index is -0.988. The Morgan fingerprint density at radius 2 is 2.22 bits per heavy atom. The molecule has 0 bridgehead atoms. The van der Waals surface area contributed by atoms with E-state index in [2.05, 4.69) is 20.8 Å². The maximum Gasteiger partial charge on any atom is 0.325 e. The fourth-order valence-electron chi connectivity index (χ4n) is 2.52. The number of ether oxygens (including phenoxy) is 1. The smallest absolute Gasteiger partial charge is 0.325 e. The minimum absolute atomic E-state index is 0.0721. The van der Waals surface area contributed by atoms with Gasteiger partial charge in [0, 0.05) is 7.11 Å². The highest BCUT2D eigenvalue weighted by molar-refractivity contribution is 7.15. The van der Waals surface area contributed by atoms with Crippen molar-refractivity contribution in [2.75, 3.05) is 12.4 Å². The molecule has 0 spiro atoms. The van der Waals surface area contributed by atoms with Crippen LogP contribution in [0.4, 0.5) is 14.3 Å². The fraction of sp³-hybridized carbons (Fsp3) is 0.312. The number of aromatic nitrogens is 2. The molecule has 3 rings (SSSR count). The van der Waals surface area contributed by atoms with Gasteiger partial charge in [0.1, 0.15) is 23.5 Å². The maximum absolute atomic E-state index is 13.3. The largest absolute Gasteiger partial charge is 0.377 e. The number of amides is 4. The van der Waals surface area contributed by atoms with Crippen molar-refractivity contribution in [3.63, 3.8) is 0 Å². The van der Waals surface area contributed by atoms with Crippen molar-refractivity contribution >= 4 is 34.3 Å². The number of benzene rings is 1. The van der Waals surface area contributed by atoms with Crippen LogP contribution in [0.1, 0.15) is 17.0 Å². The number of carbonyl (C=O) groups excluding carboxylic acids is 3. The molecule has 1 aromatic carbocycles. The topological polar surface area (TPSA) is 114 Å². The van der Waals surface area contributed by atoms with Gasteiger partial charge in [-0.3, -0.25) is 14.5 Å². The van der Waals surface area contributed by atoms with Crippen LogP contribution in [0.15, 0.2) is 24.3 Å². The van der Waals surface area contributed by atoms with Crippen molar-refractivity contribution in [2.24, 2.45) is 0 Å². The van der Waals surface area contributed by atoms with E-state index in [0.29, 0.717) is 10.6 Å². The van der Waals surface area contributed by atoms with E-state index < -0.39 is 29.7 Å². The van der Waals surface area contributed by atoms with Gasteiger partial charge < -0.3 is 15.4 Å². The van der Waals surface area contributed by atoms with Crippen molar-refractivity contribution in [3.05, 3.63) is 40.7 Å². The Hall–Kier alpha value is -2.92. The van der Waals surface area contributed by atoms with Gasteiger partial charge in [-0.2, -0.15) is 0 Å². The standard InChI is InChI=1S/C16H16FN5O4S/c1-26-8-13-20-21-15(27-13)19-12(23)6-11-14(24)22(16(25)18-11)7-9-3-2-4-10(17)5-9/h2-5,11H,6-8H2,1H3,(H,18,25)(H,19,21,23)/t11-/m0/s1. The third-order valence-electron chi connectivity index (χ3n) is 3.71. The zero-order valence-corrected chi connectivity index (χ0v) is 15.1. The van der Waals surface area contributed by atoms with E-state index in [4.69, 9.17) is 4.74 Å².